The summed E-state index contributed by atoms with van der Waals surface area (Å²) < 4.78 is 41.5. The number of fused-ring (bicyclic) bond motifs is 2. The molecule has 4 heterocycles. The van der Waals surface area contributed by atoms with Crippen molar-refractivity contribution in [2.75, 3.05) is 25.1 Å². The SMILES string of the molecule is O=C(Nc1cc2nc(-c3cnn4c3CN(CCF)CC4)ccc2cn1)C1CCC(F)(F)CC1. The summed E-state index contributed by atoms with van der Waals surface area (Å²) in [6, 6.07) is 5.50. The minimum Gasteiger partial charge on any atom is -0.310 e. The molecule has 3 aromatic heterocycles. The second kappa shape index (κ2) is 8.74. The van der Waals surface area contributed by atoms with Crippen LogP contribution in [0, 0.1) is 5.92 Å². The highest BCUT2D eigenvalue weighted by Crippen LogP contribution is 2.36. The van der Waals surface area contributed by atoms with Crippen LogP contribution in [-0.4, -0.2) is 56.2 Å². The van der Waals surface area contributed by atoms with Crippen LogP contribution in [0.1, 0.15) is 31.4 Å². The molecule has 1 aliphatic carbocycles. The van der Waals surface area contributed by atoms with Crippen molar-refractivity contribution in [3.05, 3.63) is 36.3 Å². The van der Waals surface area contributed by atoms with Crippen molar-refractivity contribution in [3.8, 4) is 11.3 Å². The predicted octanol–water partition coefficient (Wildman–Crippen LogP) is 4.04. The van der Waals surface area contributed by atoms with Crippen LogP contribution in [0.25, 0.3) is 22.2 Å². The van der Waals surface area contributed by atoms with Crippen molar-refractivity contribution >= 4 is 22.6 Å². The maximum absolute atomic E-state index is 13.4. The van der Waals surface area contributed by atoms with Crippen LogP contribution in [0.4, 0.5) is 19.0 Å². The molecule has 0 spiro atoms. The second-order valence-electron chi connectivity index (χ2n) is 8.77. The monoisotopic (exact) mass is 458 g/mol. The molecule has 3 aromatic rings. The normalized spacial score (nSPS) is 18.9. The average molecular weight is 458 g/mol. The van der Waals surface area contributed by atoms with Gasteiger partial charge in [-0.15, -0.1) is 0 Å². The Labute approximate surface area is 189 Å². The number of nitrogens with zero attached hydrogens (tertiary/aromatic N) is 5. The Hall–Kier alpha value is -3.01. The Morgan fingerprint density at radius 2 is 2.00 bits per heavy atom. The van der Waals surface area contributed by atoms with E-state index in [0.717, 1.165) is 28.9 Å². The van der Waals surface area contributed by atoms with Gasteiger partial charge in [0, 0.05) is 61.6 Å². The summed E-state index contributed by atoms with van der Waals surface area (Å²) >= 11 is 0. The summed E-state index contributed by atoms with van der Waals surface area (Å²) in [6.45, 7) is 2.08. The average Bonchev–Trinajstić information content (AvgIpc) is 3.22. The first-order chi connectivity index (χ1) is 15.9. The first-order valence-corrected chi connectivity index (χ1v) is 11.2. The lowest BCUT2D eigenvalue weighted by Crippen LogP contribution is -2.35. The summed E-state index contributed by atoms with van der Waals surface area (Å²) in [7, 11) is 0. The summed E-state index contributed by atoms with van der Waals surface area (Å²) in [5, 5.41) is 8.04. The number of hydrogen-bond acceptors (Lipinski definition) is 5. The molecular weight excluding hydrogens is 433 g/mol. The summed E-state index contributed by atoms with van der Waals surface area (Å²) in [5.74, 6) is -3.05. The van der Waals surface area contributed by atoms with E-state index < -0.39 is 11.8 Å². The van der Waals surface area contributed by atoms with Crippen molar-refractivity contribution in [3.63, 3.8) is 0 Å². The van der Waals surface area contributed by atoms with Crippen LogP contribution in [0.2, 0.25) is 0 Å². The highest BCUT2D eigenvalue weighted by atomic mass is 19.3. The Kier molecular flexibility index (Phi) is 5.77. The molecular formula is C23H25F3N6O. The molecule has 1 saturated carbocycles. The van der Waals surface area contributed by atoms with Crippen molar-refractivity contribution < 1.29 is 18.0 Å². The van der Waals surface area contributed by atoms with Crippen molar-refractivity contribution in [2.24, 2.45) is 5.92 Å². The summed E-state index contributed by atoms with van der Waals surface area (Å²) in [6.07, 6.45) is 3.22. The zero-order valence-corrected chi connectivity index (χ0v) is 18.1. The van der Waals surface area contributed by atoms with E-state index in [-0.39, 0.29) is 38.3 Å². The molecule has 0 radical (unpaired) electrons. The number of hydrogen-bond donors (Lipinski definition) is 1. The summed E-state index contributed by atoms with van der Waals surface area (Å²) in [4.78, 5) is 23.7. The number of pyridine rings is 2. The van der Waals surface area contributed by atoms with Crippen LogP contribution in [-0.2, 0) is 17.9 Å². The minimum atomic E-state index is -2.67. The Morgan fingerprint density at radius 1 is 1.18 bits per heavy atom. The lowest BCUT2D eigenvalue weighted by molar-refractivity contribution is -0.124. The van der Waals surface area contributed by atoms with E-state index in [0.29, 0.717) is 31.0 Å². The van der Waals surface area contributed by atoms with Crippen LogP contribution in [0.5, 0.6) is 0 Å². The molecule has 33 heavy (non-hydrogen) atoms. The molecule has 0 aromatic carbocycles. The van der Waals surface area contributed by atoms with Gasteiger partial charge in [0.15, 0.2) is 0 Å². The molecule has 0 unspecified atom stereocenters. The second-order valence-corrected chi connectivity index (χ2v) is 8.77. The zero-order chi connectivity index (χ0) is 23.0. The molecule has 1 amide bonds. The fourth-order valence-electron chi connectivity index (χ4n) is 4.59. The lowest BCUT2D eigenvalue weighted by atomic mass is 9.86. The van der Waals surface area contributed by atoms with Gasteiger partial charge in [0.2, 0.25) is 11.8 Å². The van der Waals surface area contributed by atoms with Gasteiger partial charge in [-0.05, 0) is 25.0 Å². The third kappa shape index (κ3) is 4.57. The first kappa shape index (κ1) is 21.8. The lowest BCUT2D eigenvalue weighted by Gasteiger charge is -2.27. The number of aromatic nitrogens is 4. The number of rotatable bonds is 5. The Morgan fingerprint density at radius 3 is 2.79 bits per heavy atom. The highest BCUT2D eigenvalue weighted by Gasteiger charge is 2.37. The Balaban J connectivity index is 1.36. The number of alkyl halides is 3. The van der Waals surface area contributed by atoms with E-state index in [4.69, 9.17) is 4.98 Å². The van der Waals surface area contributed by atoms with E-state index in [2.05, 4.69) is 20.3 Å². The van der Waals surface area contributed by atoms with Gasteiger partial charge in [-0.1, -0.05) is 0 Å². The molecule has 174 valence electrons. The smallest absolute Gasteiger partial charge is 0.248 e. The fraction of sp³-hybridized carbons (Fsp3) is 0.478. The fourth-order valence-corrected chi connectivity index (χ4v) is 4.59. The van der Waals surface area contributed by atoms with Gasteiger partial charge < -0.3 is 5.32 Å². The third-order valence-electron chi connectivity index (χ3n) is 6.54. The maximum atomic E-state index is 13.4. The van der Waals surface area contributed by atoms with Crippen molar-refractivity contribution in [1.29, 1.82) is 0 Å². The van der Waals surface area contributed by atoms with Crippen molar-refractivity contribution in [2.45, 2.75) is 44.7 Å². The number of halogens is 3. The van der Waals surface area contributed by atoms with Crippen molar-refractivity contribution in [1.82, 2.24) is 24.6 Å². The van der Waals surface area contributed by atoms with E-state index in [1.807, 2.05) is 16.8 Å². The van der Waals surface area contributed by atoms with Gasteiger partial charge in [0.25, 0.3) is 0 Å². The van der Waals surface area contributed by atoms with Gasteiger partial charge in [0.1, 0.15) is 12.5 Å². The topological polar surface area (TPSA) is 75.9 Å². The van der Waals surface area contributed by atoms with Crippen LogP contribution in [0.3, 0.4) is 0 Å². The zero-order valence-electron chi connectivity index (χ0n) is 18.1. The van der Waals surface area contributed by atoms with Crippen LogP contribution in [0.15, 0.2) is 30.6 Å². The first-order valence-electron chi connectivity index (χ1n) is 11.2. The van der Waals surface area contributed by atoms with Gasteiger partial charge >= 0.3 is 0 Å². The van der Waals surface area contributed by atoms with Crippen LogP contribution >= 0.6 is 0 Å². The molecule has 1 aliphatic heterocycles. The molecule has 2 aliphatic rings. The molecule has 0 bridgehead atoms. The van der Waals surface area contributed by atoms with Gasteiger partial charge in [0.05, 0.1) is 29.6 Å². The Bertz CT molecular complexity index is 1170. The largest absolute Gasteiger partial charge is 0.310 e. The van der Waals surface area contributed by atoms with E-state index in [9.17, 15) is 18.0 Å². The van der Waals surface area contributed by atoms with Gasteiger partial charge in [-0.25, -0.2) is 23.1 Å². The molecule has 1 N–H and O–H groups in total. The standard InChI is InChI=1S/C23H25F3N6O/c24-7-8-31-9-10-32-20(14-31)17(13-28-32)18-2-1-16-12-27-21(11-19(16)29-18)30-22(33)15-3-5-23(25,26)6-4-15/h1-2,11-13,15H,3-10,14H2,(H,27,30,33). The maximum Gasteiger partial charge on any atom is 0.248 e. The molecule has 0 atom stereocenters. The van der Waals surface area contributed by atoms with E-state index >= 15 is 0 Å². The molecule has 10 heteroatoms. The van der Waals surface area contributed by atoms with Gasteiger partial charge in [-0.3, -0.25) is 14.4 Å². The molecule has 7 nitrogen and oxygen atoms in total. The van der Waals surface area contributed by atoms with Gasteiger partial charge in [-0.2, -0.15) is 5.10 Å². The number of carbonyl (C=O) groups is 1. The quantitative estimate of drug-likeness (QED) is 0.625. The summed E-state index contributed by atoms with van der Waals surface area (Å²) in [5.41, 5.74) is 3.29. The predicted molar refractivity (Wildman–Crippen MR) is 118 cm³/mol. The number of nitrogens with one attached hydrogen (secondary N) is 1. The number of anilines is 1. The molecule has 1 fully saturated rings. The third-order valence-corrected chi connectivity index (χ3v) is 6.54. The molecule has 5 rings (SSSR count). The minimum absolute atomic E-state index is 0.168. The number of amides is 1. The van der Waals surface area contributed by atoms with E-state index in [1.54, 1.807) is 18.5 Å². The van der Waals surface area contributed by atoms with E-state index in [1.165, 1.54) is 0 Å². The van der Waals surface area contributed by atoms with Crippen LogP contribution < -0.4 is 5.32 Å². The molecule has 0 saturated heterocycles. The highest BCUT2D eigenvalue weighted by molar-refractivity contribution is 5.93. The number of carbonyl (C=O) groups excluding carboxylic acids is 1.